The molecule has 0 heteroatoms. The second kappa shape index (κ2) is 5.96. The molecule has 3 rings (SSSR count). The fourth-order valence-corrected chi connectivity index (χ4v) is 3.15. The lowest BCUT2D eigenvalue weighted by Gasteiger charge is -2.26. The average Bonchev–Trinajstić information content (AvgIpc) is 2.55. The normalized spacial score (nSPS) is 14.8. The SMILES string of the molecule is CC(C)(C)c1cccc(-c2ccccc2)c1C1=CCCC=C1. The van der Waals surface area contributed by atoms with Crippen LogP contribution in [0.1, 0.15) is 44.7 Å². The molecule has 0 atom stereocenters. The minimum atomic E-state index is 0.131. The van der Waals surface area contributed by atoms with Crippen LogP contribution in [0.15, 0.2) is 66.8 Å². The summed E-state index contributed by atoms with van der Waals surface area (Å²) in [6.45, 7) is 6.90. The van der Waals surface area contributed by atoms with E-state index in [2.05, 4.69) is 87.5 Å². The third kappa shape index (κ3) is 2.92. The highest BCUT2D eigenvalue weighted by Gasteiger charge is 2.22. The highest BCUT2D eigenvalue weighted by molar-refractivity contribution is 5.88. The van der Waals surface area contributed by atoms with Gasteiger partial charge in [-0.25, -0.2) is 0 Å². The van der Waals surface area contributed by atoms with Gasteiger partial charge in [0.2, 0.25) is 0 Å². The zero-order valence-electron chi connectivity index (χ0n) is 13.8. The van der Waals surface area contributed by atoms with Crippen molar-refractivity contribution in [1.82, 2.24) is 0 Å². The van der Waals surface area contributed by atoms with Gasteiger partial charge in [0.15, 0.2) is 0 Å². The van der Waals surface area contributed by atoms with Gasteiger partial charge in [-0.05, 0) is 46.1 Å². The predicted molar refractivity (Wildman–Crippen MR) is 96.9 cm³/mol. The Balaban J connectivity index is 2.27. The van der Waals surface area contributed by atoms with Crippen molar-refractivity contribution in [1.29, 1.82) is 0 Å². The molecule has 0 N–H and O–H groups in total. The molecule has 22 heavy (non-hydrogen) atoms. The summed E-state index contributed by atoms with van der Waals surface area (Å²) < 4.78 is 0. The molecule has 2 aromatic rings. The molecule has 0 aromatic heterocycles. The molecule has 0 fully saturated rings. The minimum absolute atomic E-state index is 0.131. The second-order valence-corrected chi connectivity index (χ2v) is 6.98. The van der Waals surface area contributed by atoms with Gasteiger partial charge in [-0.2, -0.15) is 0 Å². The molecule has 2 aromatic carbocycles. The van der Waals surface area contributed by atoms with Crippen LogP contribution < -0.4 is 0 Å². The number of hydrogen-bond donors (Lipinski definition) is 0. The van der Waals surface area contributed by atoms with E-state index in [1.54, 1.807) is 0 Å². The molecule has 0 bridgehead atoms. The number of rotatable bonds is 2. The van der Waals surface area contributed by atoms with E-state index in [0.29, 0.717) is 0 Å². The van der Waals surface area contributed by atoms with E-state index >= 15 is 0 Å². The Kier molecular flexibility index (Phi) is 4.02. The maximum atomic E-state index is 2.39. The second-order valence-electron chi connectivity index (χ2n) is 6.98. The Labute approximate surface area is 134 Å². The van der Waals surface area contributed by atoms with Crippen molar-refractivity contribution in [2.45, 2.75) is 39.0 Å². The smallest absolute Gasteiger partial charge is 0.00713 e. The van der Waals surface area contributed by atoms with E-state index in [1.807, 2.05) is 0 Å². The molecule has 0 unspecified atom stereocenters. The average molecular weight is 288 g/mol. The highest BCUT2D eigenvalue weighted by Crippen LogP contribution is 2.38. The Hall–Kier alpha value is -2.08. The van der Waals surface area contributed by atoms with E-state index in [-0.39, 0.29) is 5.41 Å². The standard InChI is InChI=1S/C22H24/c1-22(2,3)20-16-10-15-19(17-11-6-4-7-12-17)21(20)18-13-8-5-9-14-18/h4,6-8,10-16H,5,9H2,1-3H3. The van der Waals surface area contributed by atoms with Gasteiger partial charge in [0.1, 0.15) is 0 Å². The van der Waals surface area contributed by atoms with Gasteiger partial charge in [0.05, 0.1) is 0 Å². The Morgan fingerprint density at radius 3 is 2.23 bits per heavy atom. The van der Waals surface area contributed by atoms with Crippen LogP contribution in [0, 0.1) is 0 Å². The van der Waals surface area contributed by atoms with Crippen LogP contribution in [-0.2, 0) is 5.41 Å². The molecule has 112 valence electrons. The van der Waals surface area contributed by atoms with Gasteiger partial charge in [0, 0.05) is 0 Å². The van der Waals surface area contributed by atoms with Crippen molar-refractivity contribution in [3.63, 3.8) is 0 Å². The summed E-state index contributed by atoms with van der Waals surface area (Å²) in [6.07, 6.45) is 9.27. The van der Waals surface area contributed by atoms with Gasteiger partial charge in [0.25, 0.3) is 0 Å². The molecule has 0 radical (unpaired) electrons. The first-order valence-corrected chi connectivity index (χ1v) is 8.13. The van der Waals surface area contributed by atoms with Crippen LogP contribution in [0.3, 0.4) is 0 Å². The predicted octanol–water partition coefficient (Wildman–Crippen LogP) is 6.38. The molecule has 0 spiro atoms. The van der Waals surface area contributed by atoms with Crippen molar-refractivity contribution >= 4 is 5.57 Å². The van der Waals surface area contributed by atoms with Crippen LogP contribution in [0.2, 0.25) is 0 Å². The first-order chi connectivity index (χ1) is 10.6. The summed E-state index contributed by atoms with van der Waals surface area (Å²) in [5.41, 5.74) is 6.96. The van der Waals surface area contributed by atoms with Crippen LogP contribution in [0.25, 0.3) is 16.7 Å². The van der Waals surface area contributed by atoms with E-state index in [1.165, 1.54) is 27.8 Å². The van der Waals surface area contributed by atoms with Crippen molar-refractivity contribution in [2.24, 2.45) is 0 Å². The quantitative estimate of drug-likeness (QED) is 0.601. The molecule has 0 saturated carbocycles. The number of hydrogen-bond acceptors (Lipinski definition) is 0. The molecule has 0 nitrogen and oxygen atoms in total. The van der Waals surface area contributed by atoms with Crippen molar-refractivity contribution < 1.29 is 0 Å². The zero-order valence-corrected chi connectivity index (χ0v) is 13.8. The molecule has 0 heterocycles. The van der Waals surface area contributed by atoms with Gasteiger partial charge < -0.3 is 0 Å². The fourth-order valence-electron chi connectivity index (χ4n) is 3.15. The van der Waals surface area contributed by atoms with E-state index in [9.17, 15) is 0 Å². The Morgan fingerprint density at radius 1 is 0.818 bits per heavy atom. The summed E-state index contributed by atoms with van der Waals surface area (Å²) in [4.78, 5) is 0. The van der Waals surface area contributed by atoms with Crippen LogP contribution in [0.5, 0.6) is 0 Å². The minimum Gasteiger partial charge on any atom is -0.0836 e. The molecular weight excluding hydrogens is 264 g/mol. The lowest BCUT2D eigenvalue weighted by Crippen LogP contribution is -2.14. The summed E-state index contributed by atoms with van der Waals surface area (Å²) in [5.74, 6) is 0. The molecule has 1 aliphatic rings. The van der Waals surface area contributed by atoms with E-state index < -0.39 is 0 Å². The lowest BCUT2D eigenvalue weighted by atomic mass is 9.78. The first kappa shape index (κ1) is 14.8. The monoisotopic (exact) mass is 288 g/mol. The van der Waals surface area contributed by atoms with Crippen LogP contribution in [-0.4, -0.2) is 0 Å². The molecular formula is C22H24. The number of benzene rings is 2. The number of allylic oxidation sites excluding steroid dienone is 4. The first-order valence-electron chi connectivity index (χ1n) is 8.13. The van der Waals surface area contributed by atoms with Crippen molar-refractivity contribution in [2.75, 3.05) is 0 Å². The van der Waals surface area contributed by atoms with Crippen LogP contribution in [0.4, 0.5) is 0 Å². The Morgan fingerprint density at radius 2 is 1.59 bits per heavy atom. The van der Waals surface area contributed by atoms with Gasteiger partial charge >= 0.3 is 0 Å². The molecule has 0 amide bonds. The van der Waals surface area contributed by atoms with Gasteiger partial charge in [-0.1, -0.05) is 87.5 Å². The zero-order chi connectivity index (χ0) is 15.6. The fraction of sp³-hybridized carbons (Fsp3) is 0.273. The van der Waals surface area contributed by atoms with Gasteiger partial charge in [-0.15, -0.1) is 0 Å². The third-order valence-corrected chi connectivity index (χ3v) is 4.24. The maximum Gasteiger partial charge on any atom is -0.00713 e. The van der Waals surface area contributed by atoms with Crippen LogP contribution >= 0.6 is 0 Å². The summed E-state index contributed by atoms with van der Waals surface area (Å²) >= 11 is 0. The lowest BCUT2D eigenvalue weighted by molar-refractivity contribution is 0.589. The summed E-state index contributed by atoms with van der Waals surface area (Å²) in [5, 5.41) is 0. The topological polar surface area (TPSA) is 0 Å². The molecule has 0 aliphatic heterocycles. The van der Waals surface area contributed by atoms with Gasteiger partial charge in [-0.3, -0.25) is 0 Å². The maximum absolute atomic E-state index is 2.39. The third-order valence-electron chi connectivity index (χ3n) is 4.24. The highest BCUT2D eigenvalue weighted by atomic mass is 14.3. The van der Waals surface area contributed by atoms with Crippen molar-refractivity contribution in [3.05, 3.63) is 77.9 Å². The Bertz CT molecular complexity index is 709. The van der Waals surface area contributed by atoms with E-state index in [4.69, 9.17) is 0 Å². The molecule has 0 saturated heterocycles. The summed E-state index contributed by atoms with van der Waals surface area (Å²) in [7, 11) is 0. The molecule has 1 aliphatic carbocycles. The van der Waals surface area contributed by atoms with Crippen molar-refractivity contribution in [3.8, 4) is 11.1 Å². The largest absolute Gasteiger partial charge is 0.0836 e. The summed E-state index contributed by atoms with van der Waals surface area (Å²) in [6, 6.07) is 17.5. The van der Waals surface area contributed by atoms with E-state index in [0.717, 1.165) is 12.8 Å².